The number of carbonyl (C=O) groups is 2. The van der Waals surface area contributed by atoms with E-state index in [1.165, 1.54) is 6.07 Å². The molecule has 2 aromatic carbocycles. The lowest BCUT2D eigenvalue weighted by atomic mass is 9.81. The standard InChI is InChI=1S/C25H24N2O5/c1-14-6-4-5-7-19(14)26-24(29)18-13-17-20(27-25(18)30)10-16(11-21(17)28)15-8-9-22(31-2)23(12-15)32-3/h4-9,12-13,16H,10-11H2,1-3H3,(H,26,29)(H,27,30). The number of aromatic amines is 1. The van der Waals surface area contributed by atoms with Gasteiger partial charge in [-0.15, -0.1) is 0 Å². The first-order valence-corrected chi connectivity index (χ1v) is 10.3. The Hall–Kier alpha value is -3.87. The average Bonchev–Trinajstić information content (AvgIpc) is 2.79. The van der Waals surface area contributed by atoms with Gasteiger partial charge in [-0.1, -0.05) is 24.3 Å². The summed E-state index contributed by atoms with van der Waals surface area (Å²) >= 11 is 0. The summed E-state index contributed by atoms with van der Waals surface area (Å²) in [7, 11) is 3.12. The molecule has 32 heavy (non-hydrogen) atoms. The molecule has 2 N–H and O–H groups in total. The van der Waals surface area contributed by atoms with Gasteiger partial charge in [-0.05, 0) is 54.7 Å². The number of pyridine rings is 1. The van der Waals surface area contributed by atoms with Gasteiger partial charge in [0.15, 0.2) is 17.3 Å². The Morgan fingerprint density at radius 1 is 1.00 bits per heavy atom. The molecule has 1 amide bonds. The predicted octanol–water partition coefficient (Wildman–Crippen LogP) is 3.87. The normalized spacial score (nSPS) is 15.1. The summed E-state index contributed by atoms with van der Waals surface area (Å²) in [5.41, 5.74) is 2.75. The van der Waals surface area contributed by atoms with Crippen molar-refractivity contribution in [2.24, 2.45) is 0 Å². The number of hydrogen-bond donors (Lipinski definition) is 2. The number of H-pyrrole nitrogens is 1. The molecule has 0 aliphatic heterocycles. The molecule has 0 spiro atoms. The Bertz CT molecular complexity index is 1260. The van der Waals surface area contributed by atoms with Crippen molar-refractivity contribution >= 4 is 17.4 Å². The SMILES string of the molecule is COc1ccc(C2CC(=O)c3cc(C(=O)Nc4ccccc4C)c(=O)[nH]c3C2)cc1OC. The van der Waals surface area contributed by atoms with Gasteiger partial charge in [-0.3, -0.25) is 14.4 Å². The molecule has 4 rings (SSSR count). The summed E-state index contributed by atoms with van der Waals surface area (Å²) in [5, 5.41) is 2.75. The number of anilines is 1. The van der Waals surface area contributed by atoms with Crippen molar-refractivity contribution in [1.29, 1.82) is 0 Å². The summed E-state index contributed by atoms with van der Waals surface area (Å²) < 4.78 is 10.7. The van der Waals surface area contributed by atoms with Crippen molar-refractivity contribution in [2.45, 2.75) is 25.7 Å². The molecule has 1 atom stereocenters. The second kappa shape index (κ2) is 8.70. The zero-order valence-electron chi connectivity index (χ0n) is 18.2. The highest BCUT2D eigenvalue weighted by Crippen LogP contribution is 2.36. The molecule has 0 bridgehead atoms. The van der Waals surface area contributed by atoms with E-state index < -0.39 is 11.5 Å². The molecule has 1 aromatic heterocycles. The van der Waals surface area contributed by atoms with Crippen LogP contribution in [0.5, 0.6) is 11.5 Å². The summed E-state index contributed by atoms with van der Waals surface area (Å²) in [6.45, 7) is 1.87. The van der Waals surface area contributed by atoms with E-state index in [0.717, 1.165) is 11.1 Å². The molecule has 1 unspecified atom stereocenters. The summed E-state index contributed by atoms with van der Waals surface area (Å²) in [4.78, 5) is 41.1. The lowest BCUT2D eigenvalue weighted by Gasteiger charge is -2.24. The minimum atomic E-state index is -0.543. The zero-order valence-corrected chi connectivity index (χ0v) is 18.2. The number of ether oxygens (including phenoxy) is 2. The van der Waals surface area contributed by atoms with E-state index in [9.17, 15) is 14.4 Å². The number of fused-ring (bicyclic) bond motifs is 1. The van der Waals surface area contributed by atoms with Gasteiger partial charge in [0.05, 0.1) is 14.2 Å². The first-order valence-electron chi connectivity index (χ1n) is 10.3. The highest BCUT2D eigenvalue weighted by molar-refractivity contribution is 6.07. The number of carbonyl (C=O) groups excluding carboxylic acids is 2. The van der Waals surface area contributed by atoms with Crippen LogP contribution in [0.2, 0.25) is 0 Å². The maximum absolute atomic E-state index is 12.9. The topological polar surface area (TPSA) is 97.5 Å². The van der Waals surface area contributed by atoms with Crippen molar-refractivity contribution < 1.29 is 19.1 Å². The van der Waals surface area contributed by atoms with Crippen LogP contribution in [0.3, 0.4) is 0 Å². The number of nitrogens with one attached hydrogen (secondary N) is 2. The van der Waals surface area contributed by atoms with Crippen molar-refractivity contribution in [1.82, 2.24) is 4.98 Å². The van der Waals surface area contributed by atoms with E-state index in [0.29, 0.717) is 34.9 Å². The van der Waals surface area contributed by atoms with Gasteiger partial charge in [-0.25, -0.2) is 0 Å². The fourth-order valence-electron chi connectivity index (χ4n) is 4.04. The molecule has 3 aromatic rings. The fourth-order valence-corrected chi connectivity index (χ4v) is 4.04. The lowest BCUT2D eigenvalue weighted by Crippen LogP contribution is -2.29. The van der Waals surface area contributed by atoms with Crippen LogP contribution in [-0.4, -0.2) is 30.9 Å². The quantitative estimate of drug-likeness (QED) is 0.638. The lowest BCUT2D eigenvalue weighted by molar-refractivity contribution is 0.0963. The van der Waals surface area contributed by atoms with Crippen molar-refractivity contribution in [3.8, 4) is 11.5 Å². The Kier molecular flexibility index (Phi) is 5.81. The first kappa shape index (κ1) is 21.4. The molecule has 0 radical (unpaired) electrons. The van der Waals surface area contributed by atoms with Gasteiger partial charge in [-0.2, -0.15) is 0 Å². The maximum atomic E-state index is 12.9. The number of amides is 1. The van der Waals surface area contributed by atoms with Crippen LogP contribution < -0.4 is 20.3 Å². The molecular weight excluding hydrogens is 408 g/mol. The largest absolute Gasteiger partial charge is 0.493 e. The molecule has 0 saturated heterocycles. The van der Waals surface area contributed by atoms with E-state index in [4.69, 9.17) is 9.47 Å². The van der Waals surface area contributed by atoms with Crippen LogP contribution >= 0.6 is 0 Å². The van der Waals surface area contributed by atoms with Crippen LogP contribution in [-0.2, 0) is 6.42 Å². The molecule has 7 nitrogen and oxygen atoms in total. The number of aromatic nitrogens is 1. The number of benzene rings is 2. The third-order valence-electron chi connectivity index (χ3n) is 5.82. The van der Waals surface area contributed by atoms with Crippen LogP contribution in [0.15, 0.2) is 53.3 Å². The third-order valence-corrected chi connectivity index (χ3v) is 5.82. The minimum Gasteiger partial charge on any atom is -0.493 e. The van der Waals surface area contributed by atoms with Gasteiger partial charge in [0.2, 0.25) is 0 Å². The number of rotatable bonds is 5. The maximum Gasteiger partial charge on any atom is 0.261 e. The van der Waals surface area contributed by atoms with Gasteiger partial charge < -0.3 is 19.8 Å². The summed E-state index contributed by atoms with van der Waals surface area (Å²) in [5.74, 6) is 0.416. The monoisotopic (exact) mass is 432 g/mol. The fraction of sp³-hybridized carbons (Fsp3) is 0.240. The van der Waals surface area contributed by atoms with Gasteiger partial charge >= 0.3 is 0 Å². The Morgan fingerprint density at radius 3 is 2.47 bits per heavy atom. The van der Waals surface area contributed by atoms with E-state index >= 15 is 0 Å². The molecule has 7 heteroatoms. The van der Waals surface area contributed by atoms with Crippen molar-refractivity contribution in [3.63, 3.8) is 0 Å². The number of para-hydroxylation sites is 1. The Balaban J connectivity index is 1.62. The van der Waals surface area contributed by atoms with Crippen LogP contribution in [0.1, 0.15) is 49.9 Å². The average molecular weight is 432 g/mol. The van der Waals surface area contributed by atoms with Crippen LogP contribution in [0.25, 0.3) is 0 Å². The number of methoxy groups -OCH3 is 2. The minimum absolute atomic E-state index is 0.0788. The second-order valence-corrected chi connectivity index (χ2v) is 7.82. The van der Waals surface area contributed by atoms with E-state index in [2.05, 4.69) is 10.3 Å². The molecule has 0 saturated carbocycles. The number of aryl methyl sites for hydroxylation is 1. The molecule has 0 fully saturated rings. The zero-order chi connectivity index (χ0) is 22.8. The van der Waals surface area contributed by atoms with Gasteiger partial charge in [0.1, 0.15) is 5.56 Å². The van der Waals surface area contributed by atoms with E-state index in [-0.39, 0.29) is 23.7 Å². The molecular formula is C25H24N2O5. The highest BCUT2D eigenvalue weighted by atomic mass is 16.5. The van der Waals surface area contributed by atoms with Crippen LogP contribution in [0, 0.1) is 6.92 Å². The molecule has 164 valence electrons. The van der Waals surface area contributed by atoms with Crippen molar-refractivity contribution in [3.05, 3.63) is 86.8 Å². The van der Waals surface area contributed by atoms with E-state index in [1.807, 2.05) is 31.2 Å². The summed E-state index contributed by atoms with van der Waals surface area (Å²) in [6, 6.07) is 14.3. The van der Waals surface area contributed by atoms with Crippen LogP contribution in [0.4, 0.5) is 5.69 Å². The number of hydrogen-bond acceptors (Lipinski definition) is 5. The second-order valence-electron chi connectivity index (χ2n) is 7.82. The molecule has 1 aliphatic rings. The smallest absolute Gasteiger partial charge is 0.261 e. The number of Topliss-reactive ketones (excluding diaryl/α,β-unsaturated/α-hetero) is 1. The predicted molar refractivity (Wildman–Crippen MR) is 121 cm³/mol. The number of ketones is 1. The third kappa shape index (κ3) is 4.01. The van der Waals surface area contributed by atoms with Gasteiger partial charge in [0, 0.05) is 23.4 Å². The van der Waals surface area contributed by atoms with E-state index in [1.54, 1.807) is 32.4 Å². The van der Waals surface area contributed by atoms with Gasteiger partial charge in [0.25, 0.3) is 11.5 Å². The molecule has 1 aliphatic carbocycles. The molecule has 1 heterocycles. The van der Waals surface area contributed by atoms with Crippen molar-refractivity contribution in [2.75, 3.05) is 19.5 Å². The summed E-state index contributed by atoms with van der Waals surface area (Å²) in [6.07, 6.45) is 0.749. The highest BCUT2D eigenvalue weighted by Gasteiger charge is 2.29. The Morgan fingerprint density at radius 2 is 1.75 bits per heavy atom. The first-order chi connectivity index (χ1) is 15.4. The Labute approximate surface area is 185 Å².